The lowest BCUT2D eigenvalue weighted by Gasteiger charge is -2.32. The van der Waals surface area contributed by atoms with Gasteiger partial charge >= 0.3 is 0 Å². The number of allylic oxidation sites excluding steroid dienone is 3. The van der Waals surface area contributed by atoms with Crippen molar-refractivity contribution in [1.29, 1.82) is 0 Å². The number of sulfone groups is 1. The molecule has 3 heteroatoms. The topological polar surface area (TPSA) is 34.1 Å². The van der Waals surface area contributed by atoms with Crippen LogP contribution in [0.25, 0.3) is 0 Å². The second kappa shape index (κ2) is 4.15. The van der Waals surface area contributed by atoms with Crippen LogP contribution in [0.1, 0.15) is 13.8 Å². The van der Waals surface area contributed by atoms with Gasteiger partial charge in [-0.15, -0.1) is 0 Å². The molecule has 0 aliphatic heterocycles. The molecule has 1 aliphatic rings. The summed E-state index contributed by atoms with van der Waals surface area (Å²) in [6.45, 7) is 3.71. The van der Waals surface area contributed by atoms with E-state index in [4.69, 9.17) is 0 Å². The molecule has 0 saturated heterocycles. The monoisotopic (exact) mass is 248 g/mol. The van der Waals surface area contributed by atoms with Gasteiger partial charge in [0.15, 0.2) is 9.84 Å². The normalized spacial score (nSPS) is 28.2. The minimum absolute atomic E-state index is 0.0299. The Labute approximate surface area is 103 Å². The van der Waals surface area contributed by atoms with E-state index in [1.54, 1.807) is 43.3 Å². The fourth-order valence-corrected chi connectivity index (χ4v) is 3.86. The summed E-state index contributed by atoms with van der Waals surface area (Å²) in [5.41, 5.74) is 0. The highest BCUT2D eigenvalue weighted by atomic mass is 32.2. The first-order valence-corrected chi connectivity index (χ1v) is 7.12. The van der Waals surface area contributed by atoms with Crippen molar-refractivity contribution in [2.24, 2.45) is 5.92 Å². The fraction of sp³-hybridized carbons (Fsp3) is 0.286. The summed E-state index contributed by atoms with van der Waals surface area (Å²) < 4.78 is 24.4. The van der Waals surface area contributed by atoms with Gasteiger partial charge in [0.05, 0.1) is 9.64 Å². The summed E-state index contributed by atoms with van der Waals surface area (Å²) in [5.74, 6) is -0.0299. The third kappa shape index (κ3) is 1.84. The summed E-state index contributed by atoms with van der Waals surface area (Å²) in [6, 6.07) is 8.63. The molecular formula is C14H16O2S. The van der Waals surface area contributed by atoms with Crippen molar-refractivity contribution in [2.75, 3.05) is 0 Å². The smallest absolute Gasteiger partial charge is 0.187 e. The highest BCUT2D eigenvalue weighted by Gasteiger charge is 2.42. The van der Waals surface area contributed by atoms with Crippen molar-refractivity contribution in [3.63, 3.8) is 0 Å². The molecule has 2 nitrogen and oxygen atoms in total. The first-order valence-electron chi connectivity index (χ1n) is 5.64. The van der Waals surface area contributed by atoms with Crippen molar-refractivity contribution >= 4 is 9.84 Å². The van der Waals surface area contributed by atoms with Gasteiger partial charge in [-0.2, -0.15) is 0 Å². The molecule has 2 atom stereocenters. The highest BCUT2D eigenvalue weighted by molar-refractivity contribution is 7.93. The van der Waals surface area contributed by atoms with E-state index in [0.717, 1.165) is 0 Å². The summed E-state index contributed by atoms with van der Waals surface area (Å²) in [4.78, 5) is 0.384. The molecule has 1 aliphatic carbocycles. The highest BCUT2D eigenvalue weighted by Crippen LogP contribution is 2.36. The van der Waals surface area contributed by atoms with E-state index in [0.29, 0.717) is 4.90 Å². The molecule has 90 valence electrons. The summed E-state index contributed by atoms with van der Waals surface area (Å²) in [5, 5.41) is 0. The Kier molecular flexibility index (Phi) is 2.96. The Bertz CT molecular complexity index is 555. The predicted molar refractivity (Wildman–Crippen MR) is 69.5 cm³/mol. The zero-order valence-corrected chi connectivity index (χ0v) is 10.8. The van der Waals surface area contributed by atoms with Crippen molar-refractivity contribution < 1.29 is 8.42 Å². The van der Waals surface area contributed by atoms with Gasteiger partial charge in [0.1, 0.15) is 0 Å². The van der Waals surface area contributed by atoms with E-state index in [2.05, 4.69) is 0 Å². The quantitative estimate of drug-likeness (QED) is 0.806. The molecule has 0 saturated carbocycles. The van der Waals surface area contributed by atoms with Crippen LogP contribution in [-0.2, 0) is 9.84 Å². The average molecular weight is 248 g/mol. The van der Waals surface area contributed by atoms with Gasteiger partial charge in [-0.25, -0.2) is 8.42 Å². The van der Waals surface area contributed by atoms with Crippen LogP contribution in [0.3, 0.4) is 0 Å². The van der Waals surface area contributed by atoms with Gasteiger partial charge in [0.2, 0.25) is 0 Å². The van der Waals surface area contributed by atoms with Gasteiger partial charge in [0.25, 0.3) is 0 Å². The SMILES string of the molecule is CC1C=CC=CC1(C)S(=O)(=O)c1ccccc1. The molecule has 1 aromatic carbocycles. The number of hydrogen-bond donors (Lipinski definition) is 0. The van der Waals surface area contributed by atoms with Gasteiger partial charge < -0.3 is 0 Å². The number of hydrogen-bond acceptors (Lipinski definition) is 2. The van der Waals surface area contributed by atoms with Gasteiger partial charge in [-0.3, -0.25) is 0 Å². The summed E-state index contributed by atoms with van der Waals surface area (Å²) in [6.07, 6.45) is 7.41. The molecule has 0 N–H and O–H groups in total. The first kappa shape index (κ1) is 12.1. The molecule has 0 radical (unpaired) electrons. The van der Waals surface area contributed by atoms with Crippen LogP contribution >= 0.6 is 0 Å². The third-order valence-corrected chi connectivity index (χ3v) is 6.03. The molecule has 0 spiro atoms. The molecule has 0 fully saturated rings. The van der Waals surface area contributed by atoms with Crippen LogP contribution in [0.2, 0.25) is 0 Å². The van der Waals surface area contributed by atoms with Crippen LogP contribution in [0.5, 0.6) is 0 Å². The average Bonchev–Trinajstić information content (AvgIpc) is 2.34. The van der Waals surface area contributed by atoms with Crippen LogP contribution in [0, 0.1) is 5.92 Å². The lowest BCUT2D eigenvalue weighted by atomic mass is 9.91. The standard InChI is InChI=1S/C14H16O2S/c1-12-8-6-7-11-14(12,2)17(15,16)13-9-4-3-5-10-13/h3-12H,1-2H3. The van der Waals surface area contributed by atoms with Crippen LogP contribution in [0.4, 0.5) is 0 Å². The molecule has 2 rings (SSSR count). The van der Waals surface area contributed by atoms with Gasteiger partial charge in [-0.1, -0.05) is 49.4 Å². The molecule has 0 aromatic heterocycles. The van der Waals surface area contributed by atoms with Gasteiger partial charge in [-0.05, 0) is 25.0 Å². The Morgan fingerprint density at radius 2 is 1.76 bits per heavy atom. The van der Waals surface area contributed by atoms with Crippen molar-refractivity contribution in [3.05, 3.63) is 54.6 Å². The van der Waals surface area contributed by atoms with Crippen molar-refractivity contribution in [1.82, 2.24) is 0 Å². The maximum absolute atomic E-state index is 12.6. The lowest BCUT2D eigenvalue weighted by Crippen LogP contribution is -2.40. The molecule has 1 aromatic rings. The van der Waals surface area contributed by atoms with E-state index in [9.17, 15) is 8.42 Å². The van der Waals surface area contributed by atoms with Crippen LogP contribution in [0.15, 0.2) is 59.5 Å². The van der Waals surface area contributed by atoms with E-state index in [1.165, 1.54) is 0 Å². The zero-order valence-electron chi connectivity index (χ0n) is 10.00. The molecule has 0 amide bonds. The fourth-order valence-electron chi connectivity index (χ4n) is 2.01. The molecule has 0 heterocycles. The maximum atomic E-state index is 12.6. The number of rotatable bonds is 2. The zero-order chi connectivity index (χ0) is 12.5. The largest absolute Gasteiger partial charge is 0.223 e. The lowest BCUT2D eigenvalue weighted by molar-refractivity contribution is 0.514. The molecule has 2 unspecified atom stereocenters. The molecule has 0 bridgehead atoms. The first-order chi connectivity index (χ1) is 7.98. The van der Waals surface area contributed by atoms with Crippen molar-refractivity contribution in [2.45, 2.75) is 23.5 Å². The minimum atomic E-state index is -3.35. The van der Waals surface area contributed by atoms with Crippen molar-refractivity contribution in [3.8, 4) is 0 Å². The van der Waals surface area contributed by atoms with E-state index in [1.807, 2.05) is 25.1 Å². The Balaban J connectivity index is 2.54. The summed E-state index contributed by atoms with van der Waals surface area (Å²) >= 11 is 0. The predicted octanol–water partition coefficient (Wildman–Crippen LogP) is 2.98. The molecular weight excluding hydrogens is 232 g/mol. The van der Waals surface area contributed by atoms with E-state index >= 15 is 0 Å². The van der Waals surface area contributed by atoms with Crippen LogP contribution in [-0.4, -0.2) is 13.2 Å². The Morgan fingerprint density at radius 3 is 2.35 bits per heavy atom. The van der Waals surface area contributed by atoms with Gasteiger partial charge in [0, 0.05) is 0 Å². The van der Waals surface area contributed by atoms with E-state index < -0.39 is 14.6 Å². The summed E-state index contributed by atoms with van der Waals surface area (Å²) in [7, 11) is -3.35. The Morgan fingerprint density at radius 1 is 1.12 bits per heavy atom. The number of benzene rings is 1. The van der Waals surface area contributed by atoms with Crippen LogP contribution < -0.4 is 0 Å². The second-order valence-electron chi connectivity index (χ2n) is 4.53. The van der Waals surface area contributed by atoms with E-state index in [-0.39, 0.29) is 5.92 Å². The maximum Gasteiger partial charge on any atom is 0.187 e. The minimum Gasteiger partial charge on any atom is -0.223 e. The Hall–Kier alpha value is -1.35. The molecule has 17 heavy (non-hydrogen) atoms. The second-order valence-corrected chi connectivity index (χ2v) is 6.89. The third-order valence-electron chi connectivity index (χ3n) is 3.47.